The summed E-state index contributed by atoms with van der Waals surface area (Å²) in [6.07, 6.45) is 0. The van der Waals surface area contributed by atoms with E-state index in [1.807, 2.05) is 6.07 Å². The van der Waals surface area contributed by atoms with E-state index in [0.717, 1.165) is 11.1 Å². The van der Waals surface area contributed by atoms with Gasteiger partial charge < -0.3 is 9.47 Å². The number of aryl methyl sites for hydroxylation is 1. The normalized spacial score (nSPS) is 20.5. The molecule has 0 aliphatic carbocycles. The molecule has 0 spiro atoms. The summed E-state index contributed by atoms with van der Waals surface area (Å²) in [5.74, 6) is 1.38. The summed E-state index contributed by atoms with van der Waals surface area (Å²) in [5.41, 5.74) is 2.76. The zero-order chi connectivity index (χ0) is 18.0. The Bertz CT molecular complexity index is 673. The molecule has 0 amide bonds. The number of nitrogens with zero attached hydrogens (tertiary/aromatic N) is 2. The van der Waals surface area contributed by atoms with Crippen molar-refractivity contribution in [3.05, 3.63) is 34.9 Å². The van der Waals surface area contributed by atoms with E-state index in [2.05, 4.69) is 56.7 Å². The maximum atomic E-state index is 5.80. The predicted octanol–water partition coefficient (Wildman–Crippen LogP) is 4.48. The molecule has 0 aromatic heterocycles. The molecule has 0 radical (unpaired) electrons. The van der Waals surface area contributed by atoms with Crippen molar-refractivity contribution in [3.63, 3.8) is 0 Å². The Morgan fingerprint density at radius 1 is 0.917 bits per heavy atom. The van der Waals surface area contributed by atoms with Gasteiger partial charge in [0.1, 0.15) is 13.2 Å². The van der Waals surface area contributed by atoms with Crippen LogP contribution in [0, 0.1) is 6.92 Å². The van der Waals surface area contributed by atoms with Gasteiger partial charge in [0.2, 0.25) is 11.8 Å². The van der Waals surface area contributed by atoms with Crippen LogP contribution in [0.4, 0.5) is 0 Å². The number of rotatable bonds is 2. The molecular formula is C17H22Cl2N2O2Pd. The second-order valence-corrected chi connectivity index (χ2v) is 9.49. The van der Waals surface area contributed by atoms with Crippen molar-refractivity contribution in [1.82, 2.24) is 0 Å². The fourth-order valence-electron chi connectivity index (χ4n) is 2.47. The summed E-state index contributed by atoms with van der Waals surface area (Å²) in [6.45, 7) is 11.6. The Morgan fingerprint density at radius 3 is 1.79 bits per heavy atom. The molecule has 4 nitrogen and oxygen atoms in total. The minimum absolute atomic E-state index is 0.106. The van der Waals surface area contributed by atoms with Gasteiger partial charge in [-0.3, -0.25) is 0 Å². The summed E-state index contributed by atoms with van der Waals surface area (Å²) < 4.78 is 11.6. The molecule has 24 heavy (non-hydrogen) atoms. The predicted molar refractivity (Wildman–Crippen MR) is 96.0 cm³/mol. The molecule has 2 heterocycles. The molecule has 0 unspecified atom stereocenters. The van der Waals surface area contributed by atoms with Gasteiger partial charge in [0, 0.05) is 11.1 Å². The van der Waals surface area contributed by atoms with E-state index in [4.69, 9.17) is 28.5 Å². The summed E-state index contributed by atoms with van der Waals surface area (Å²) in [5, 5.41) is 0. The van der Waals surface area contributed by atoms with Gasteiger partial charge in [-0.15, -0.1) is 0 Å². The third-order valence-electron chi connectivity index (χ3n) is 3.57. The molecule has 2 aliphatic heterocycles. The Morgan fingerprint density at radius 2 is 1.38 bits per heavy atom. The van der Waals surface area contributed by atoms with Crippen molar-refractivity contribution in [1.29, 1.82) is 0 Å². The van der Waals surface area contributed by atoms with Crippen molar-refractivity contribution in [2.75, 3.05) is 13.2 Å². The minimum atomic E-state index is -0.173. The zero-order valence-corrected chi connectivity index (χ0v) is 17.5. The fourth-order valence-corrected chi connectivity index (χ4v) is 2.47. The molecule has 0 saturated heterocycles. The average Bonchev–Trinajstić information content (AvgIpc) is 3.02. The Hall–Kier alpha value is -0.598. The average molecular weight is 464 g/mol. The van der Waals surface area contributed by atoms with Gasteiger partial charge in [-0.2, -0.15) is 0 Å². The third kappa shape index (κ3) is 4.95. The zero-order valence-electron chi connectivity index (χ0n) is 14.4. The van der Waals surface area contributed by atoms with E-state index in [1.165, 1.54) is 5.56 Å². The second kappa shape index (κ2) is 7.74. The molecule has 0 saturated carbocycles. The van der Waals surface area contributed by atoms with Crippen LogP contribution in [0.5, 0.6) is 0 Å². The fraction of sp³-hybridized carbons (Fsp3) is 0.529. The Balaban J connectivity index is 0.000000647. The van der Waals surface area contributed by atoms with Crippen LogP contribution in [0.2, 0.25) is 0 Å². The molecule has 7 heteroatoms. The van der Waals surface area contributed by atoms with Crippen LogP contribution < -0.4 is 0 Å². The van der Waals surface area contributed by atoms with Crippen LogP contribution in [0.3, 0.4) is 0 Å². The van der Waals surface area contributed by atoms with Crippen LogP contribution in [0.1, 0.15) is 44.4 Å². The Labute approximate surface area is 159 Å². The standard InChI is InChI=1S/C17H22N2O2.2ClH.Pd/c1-11-6-7-12(14-18-16(2,3)9-20-14)13(8-11)15-19-17(4,5)10-21-15;;;/h6-8H,9-10H2,1-5H3;2*1H;/q;;;+2/p-2. The number of hydrogen-bond donors (Lipinski definition) is 0. The van der Waals surface area contributed by atoms with Crippen LogP contribution in [-0.2, 0) is 25.4 Å². The van der Waals surface area contributed by atoms with E-state index < -0.39 is 0 Å². The summed E-state index contributed by atoms with van der Waals surface area (Å²) in [7, 11) is 9.63. The van der Waals surface area contributed by atoms with E-state index in [0.29, 0.717) is 25.0 Å². The van der Waals surface area contributed by atoms with Crippen molar-refractivity contribution in [3.8, 4) is 0 Å². The van der Waals surface area contributed by atoms with Gasteiger partial charge in [-0.1, -0.05) is 11.6 Å². The van der Waals surface area contributed by atoms with Crippen LogP contribution in [-0.4, -0.2) is 36.1 Å². The van der Waals surface area contributed by atoms with E-state index in [1.54, 1.807) is 0 Å². The van der Waals surface area contributed by atoms with Gasteiger partial charge in [0.05, 0.1) is 11.1 Å². The first kappa shape index (κ1) is 19.7. The number of hydrogen-bond acceptors (Lipinski definition) is 4. The molecule has 3 rings (SSSR count). The first-order chi connectivity index (χ1) is 11.2. The topological polar surface area (TPSA) is 43.2 Å². The number of halogens is 2. The molecule has 0 bridgehead atoms. The molecular weight excluding hydrogens is 442 g/mol. The molecule has 136 valence electrons. The SMILES string of the molecule is Cc1ccc(C2=NC(C)(C)CO2)c(C2=NC(C)(C)CO2)c1.[Cl][Pd][Cl]. The third-order valence-corrected chi connectivity index (χ3v) is 3.57. The number of aliphatic imine (C=N–C) groups is 2. The molecule has 2 aliphatic rings. The molecule has 0 fully saturated rings. The van der Waals surface area contributed by atoms with Crippen molar-refractivity contribution < 1.29 is 25.4 Å². The number of ether oxygens (including phenoxy) is 2. The second-order valence-electron chi connectivity index (χ2n) is 7.13. The van der Waals surface area contributed by atoms with E-state index >= 15 is 0 Å². The quantitative estimate of drug-likeness (QED) is 0.607. The monoisotopic (exact) mass is 462 g/mol. The van der Waals surface area contributed by atoms with Crippen LogP contribution in [0.15, 0.2) is 28.2 Å². The summed E-state index contributed by atoms with van der Waals surface area (Å²) in [6, 6.07) is 6.20. The van der Waals surface area contributed by atoms with Crippen LogP contribution >= 0.6 is 19.1 Å². The van der Waals surface area contributed by atoms with Gasteiger partial charge in [0.15, 0.2) is 0 Å². The van der Waals surface area contributed by atoms with E-state index in [9.17, 15) is 0 Å². The van der Waals surface area contributed by atoms with Gasteiger partial charge >= 0.3 is 35.0 Å². The van der Waals surface area contributed by atoms with Crippen molar-refractivity contribution in [2.45, 2.75) is 45.7 Å². The first-order valence-corrected chi connectivity index (χ1v) is 11.6. The summed E-state index contributed by atoms with van der Waals surface area (Å²) in [4.78, 5) is 9.36. The maximum absolute atomic E-state index is 5.80. The van der Waals surface area contributed by atoms with Gasteiger partial charge in [-0.05, 0) is 46.8 Å². The van der Waals surface area contributed by atoms with Gasteiger partial charge in [-0.25, -0.2) is 9.98 Å². The molecule has 0 atom stereocenters. The van der Waals surface area contributed by atoms with Crippen molar-refractivity contribution >= 4 is 30.9 Å². The molecule has 0 N–H and O–H groups in total. The van der Waals surface area contributed by atoms with E-state index in [-0.39, 0.29) is 27.0 Å². The number of benzene rings is 1. The molecule has 1 aromatic rings. The first-order valence-electron chi connectivity index (χ1n) is 7.56. The molecule has 1 aromatic carbocycles. The summed E-state index contributed by atoms with van der Waals surface area (Å²) >= 11 is -0.106. The van der Waals surface area contributed by atoms with Gasteiger partial charge in [0.25, 0.3) is 0 Å². The Kier molecular flexibility index (Phi) is 6.36. The van der Waals surface area contributed by atoms with Crippen molar-refractivity contribution in [2.24, 2.45) is 9.98 Å². The van der Waals surface area contributed by atoms with Crippen LogP contribution in [0.25, 0.3) is 0 Å².